The van der Waals surface area contributed by atoms with Gasteiger partial charge in [0.2, 0.25) is 5.91 Å². The predicted molar refractivity (Wildman–Crippen MR) is 55.3 cm³/mol. The molecule has 3 N–H and O–H groups in total. The van der Waals surface area contributed by atoms with Gasteiger partial charge in [0.1, 0.15) is 0 Å². The molecule has 0 aliphatic carbocycles. The van der Waals surface area contributed by atoms with Gasteiger partial charge in [-0.25, -0.2) is 0 Å². The van der Waals surface area contributed by atoms with Gasteiger partial charge in [-0.3, -0.25) is 4.79 Å². The largest absolute Gasteiger partial charge is 0.355 e. The molecule has 0 fully saturated rings. The van der Waals surface area contributed by atoms with E-state index in [1.807, 2.05) is 0 Å². The average molecular weight is 186 g/mol. The lowest BCUT2D eigenvalue weighted by Crippen LogP contribution is -2.49. The van der Waals surface area contributed by atoms with Crippen LogP contribution in [0.5, 0.6) is 0 Å². The second-order valence-corrected chi connectivity index (χ2v) is 4.51. The zero-order valence-electron chi connectivity index (χ0n) is 9.18. The van der Waals surface area contributed by atoms with Crippen molar-refractivity contribution in [3.8, 4) is 0 Å². The summed E-state index contributed by atoms with van der Waals surface area (Å²) in [5, 5.41) is 2.81. The minimum absolute atomic E-state index is 0.0729. The molecule has 0 heterocycles. The van der Waals surface area contributed by atoms with Crippen LogP contribution in [0.3, 0.4) is 0 Å². The molecule has 0 aromatic carbocycles. The van der Waals surface area contributed by atoms with Crippen LogP contribution in [0.4, 0.5) is 0 Å². The molecule has 3 heteroatoms. The van der Waals surface area contributed by atoms with Crippen LogP contribution in [0, 0.1) is 5.92 Å². The maximum absolute atomic E-state index is 11.3. The summed E-state index contributed by atoms with van der Waals surface area (Å²) < 4.78 is 0. The van der Waals surface area contributed by atoms with Gasteiger partial charge in [0.05, 0.1) is 5.54 Å². The summed E-state index contributed by atoms with van der Waals surface area (Å²) in [5.41, 5.74) is 4.86. The maximum Gasteiger partial charge on any atom is 0.239 e. The minimum atomic E-state index is -0.752. The highest BCUT2D eigenvalue weighted by molar-refractivity contribution is 5.84. The summed E-state index contributed by atoms with van der Waals surface area (Å²) in [7, 11) is 0. The smallest absolute Gasteiger partial charge is 0.239 e. The van der Waals surface area contributed by atoms with Crippen LogP contribution >= 0.6 is 0 Å². The molecule has 0 saturated heterocycles. The third kappa shape index (κ3) is 6.58. The van der Waals surface area contributed by atoms with Crippen molar-refractivity contribution in [3.63, 3.8) is 0 Å². The van der Waals surface area contributed by atoms with Gasteiger partial charge in [0, 0.05) is 6.54 Å². The van der Waals surface area contributed by atoms with Crippen molar-refractivity contribution in [2.45, 2.75) is 46.1 Å². The van der Waals surface area contributed by atoms with E-state index in [2.05, 4.69) is 19.2 Å². The molecule has 0 unspecified atom stereocenters. The lowest BCUT2D eigenvalue weighted by molar-refractivity contribution is -0.125. The number of hydrogen-bond donors (Lipinski definition) is 2. The Morgan fingerprint density at radius 2 is 2.00 bits per heavy atom. The summed E-state index contributed by atoms with van der Waals surface area (Å²) in [6.45, 7) is 8.51. The van der Waals surface area contributed by atoms with E-state index in [0.29, 0.717) is 5.92 Å². The first-order valence-electron chi connectivity index (χ1n) is 4.91. The predicted octanol–water partition coefficient (Wildman–Crippen LogP) is 1.28. The van der Waals surface area contributed by atoms with Gasteiger partial charge >= 0.3 is 0 Å². The fourth-order valence-electron chi connectivity index (χ4n) is 0.940. The summed E-state index contributed by atoms with van der Waals surface area (Å²) in [5.74, 6) is 0.624. The molecule has 0 aromatic rings. The van der Waals surface area contributed by atoms with E-state index in [4.69, 9.17) is 5.73 Å². The number of carbonyl (C=O) groups is 1. The Morgan fingerprint density at radius 1 is 1.46 bits per heavy atom. The van der Waals surface area contributed by atoms with Crippen molar-refractivity contribution in [2.24, 2.45) is 11.7 Å². The average Bonchev–Trinajstić information content (AvgIpc) is 1.95. The van der Waals surface area contributed by atoms with Crippen molar-refractivity contribution in [2.75, 3.05) is 6.54 Å². The lowest BCUT2D eigenvalue weighted by Gasteiger charge is -2.17. The number of hydrogen-bond acceptors (Lipinski definition) is 2. The normalized spacial score (nSPS) is 11.8. The highest BCUT2D eigenvalue weighted by Gasteiger charge is 2.20. The Labute approximate surface area is 81.1 Å². The van der Waals surface area contributed by atoms with Crippen LogP contribution in [0.25, 0.3) is 0 Å². The van der Waals surface area contributed by atoms with E-state index in [1.165, 1.54) is 0 Å². The van der Waals surface area contributed by atoms with Crippen LogP contribution in [0.15, 0.2) is 0 Å². The molecule has 0 atom stereocenters. The Hall–Kier alpha value is -0.570. The summed E-state index contributed by atoms with van der Waals surface area (Å²) >= 11 is 0. The number of nitrogens with one attached hydrogen (secondary N) is 1. The molecule has 0 aromatic heterocycles. The Balaban J connectivity index is 3.49. The molecule has 0 bridgehead atoms. The quantitative estimate of drug-likeness (QED) is 0.635. The van der Waals surface area contributed by atoms with Gasteiger partial charge in [-0.2, -0.15) is 0 Å². The van der Waals surface area contributed by atoms with Crippen molar-refractivity contribution in [3.05, 3.63) is 0 Å². The third-order valence-electron chi connectivity index (χ3n) is 1.83. The zero-order chi connectivity index (χ0) is 10.5. The van der Waals surface area contributed by atoms with Crippen molar-refractivity contribution >= 4 is 5.91 Å². The highest BCUT2D eigenvalue weighted by atomic mass is 16.2. The molecule has 13 heavy (non-hydrogen) atoms. The van der Waals surface area contributed by atoms with Crippen LogP contribution in [0.1, 0.15) is 40.5 Å². The monoisotopic (exact) mass is 186 g/mol. The molecule has 78 valence electrons. The number of amides is 1. The molecule has 3 nitrogen and oxygen atoms in total. The topological polar surface area (TPSA) is 55.1 Å². The molecule has 0 rings (SSSR count). The molecule has 0 spiro atoms. The SMILES string of the molecule is CC(C)CCCNC(=O)C(C)(C)N. The van der Waals surface area contributed by atoms with Crippen LogP contribution in [0.2, 0.25) is 0 Å². The first-order chi connectivity index (χ1) is 5.84. The molecule has 0 aliphatic heterocycles. The fourth-order valence-corrected chi connectivity index (χ4v) is 0.940. The van der Waals surface area contributed by atoms with Crippen molar-refractivity contribution < 1.29 is 4.79 Å². The van der Waals surface area contributed by atoms with E-state index < -0.39 is 5.54 Å². The number of carbonyl (C=O) groups excluding carboxylic acids is 1. The summed E-state index contributed by atoms with van der Waals surface area (Å²) in [6, 6.07) is 0. The summed E-state index contributed by atoms with van der Waals surface area (Å²) in [4.78, 5) is 11.3. The van der Waals surface area contributed by atoms with Gasteiger partial charge in [0.25, 0.3) is 0 Å². The fraction of sp³-hybridized carbons (Fsp3) is 0.900. The van der Waals surface area contributed by atoms with Crippen LogP contribution < -0.4 is 11.1 Å². The molecular weight excluding hydrogens is 164 g/mol. The van der Waals surface area contributed by atoms with Gasteiger partial charge in [-0.1, -0.05) is 13.8 Å². The maximum atomic E-state index is 11.3. The Kier molecular flexibility index (Phi) is 4.99. The highest BCUT2D eigenvalue weighted by Crippen LogP contribution is 2.02. The number of nitrogens with two attached hydrogens (primary N) is 1. The third-order valence-corrected chi connectivity index (χ3v) is 1.83. The first-order valence-corrected chi connectivity index (χ1v) is 4.91. The van der Waals surface area contributed by atoms with Gasteiger partial charge < -0.3 is 11.1 Å². The summed E-state index contributed by atoms with van der Waals surface area (Å²) in [6.07, 6.45) is 2.17. The van der Waals surface area contributed by atoms with Gasteiger partial charge in [-0.05, 0) is 32.6 Å². The zero-order valence-corrected chi connectivity index (χ0v) is 9.18. The second kappa shape index (κ2) is 5.22. The lowest BCUT2D eigenvalue weighted by atomic mass is 10.1. The second-order valence-electron chi connectivity index (χ2n) is 4.51. The van der Waals surface area contributed by atoms with Crippen LogP contribution in [-0.4, -0.2) is 18.0 Å². The van der Waals surface area contributed by atoms with Crippen molar-refractivity contribution in [1.29, 1.82) is 0 Å². The standard InChI is InChI=1S/C10H22N2O/c1-8(2)6-5-7-12-9(13)10(3,4)11/h8H,5-7,11H2,1-4H3,(H,12,13). The van der Waals surface area contributed by atoms with Gasteiger partial charge in [0.15, 0.2) is 0 Å². The van der Waals surface area contributed by atoms with Gasteiger partial charge in [-0.15, -0.1) is 0 Å². The van der Waals surface area contributed by atoms with E-state index in [0.717, 1.165) is 19.4 Å². The Morgan fingerprint density at radius 3 is 2.38 bits per heavy atom. The number of rotatable bonds is 5. The van der Waals surface area contributed by atoms with E-state index in [9.17, 15) is 4.79 Å². The molecule has 0 aliphatic rings. The van der Waals surface area contributed by atoms with E-state index in [1.54, 1.807) is 13.8 Å². The van der Waals surface area contributed by atoms with E-state index >= 15 is 0 Å². The van der Waals surface area contributed by atoms with Crippen LogP contribution in [-0.2, 0) is 4.79 Å². The molecule has 0 radical (unpaired) electrons. The van der Waals surface area contributed by atoms with E-state index in [-0.39, 0.29) is 5.91 Å². The van der Waals surface area contributed by atoms with Crippen molar-refractivity contribution in [1.82, 2.24) is 5.32 Å². The molecule has 0 saturated carbocycles. The molecular formula is C10H22N2O. The first kappa shape index (κ1) is 12.4. The minimum Gasteiger partial charge on any atom is -0.355 e. The Bertz CT molecular complexity index is 159. The molecule has 1 amide bonds.